The summed E-state index contributed by atoms with van der Waals surface area (Å²) in [5.41, 5.74) is 0. The third-order valence-corrected chi connectivity index (χ3v) is 3.35. The molecule has 0 saturated carbocycles. The van der Waals surface area contributed by atoms with Crippen LogP contribution in [0, 0.1) is 0 Å². The normalized spacial score (nSPS) is 13.9. The molecule has 3 amide bonds. The van der Waals surface area contributed by atoms with Crippen molar-refractivity contribution in [3.05, 3.63) is 0 Å². The summed E-state index contributed by atoms with van der Waals surface area (Å²) in [4.78, 5) is 33.6. The monoisotopic (exact) mass is 309 g/mol. The zero-order valence-electron chi connectivity index (χ0n) is 11.5. The molecule has 0 aliphatic heterocycles. The molecule has 0 bridgehead atoms. The first-order valence-electron chi connectivity index (χ1n) is 5.76. The topological polar surface area (TPSA) is 142 Å². The smallest absolute Gasteiger partial charge is 0.326 e. The molecule has 0 saturated heterocycles. The second-order valence-electron chi connectivity index (χ2n) is 4.26. The zero-order chi connectivity index (χ0) is 15.9. The number of rotatable bonds is 7. The molecule has 0 aliphatic rings. The number of hydrogen-bond donors (Lipinski definition) is 4. The average Bonchev–Trinajstić information content (AvgIpc) is 2.31. The maximum atomic E-state index is 11.5. The quantitative estimate of drug-likeness (QED) is 0.442. The molecule has 0 aromatic rings. The van der Waals surface area contributed by atoms with Gasteiger partial charge in [-0.15, -0.1) is 0 Å². The molecular weight excluding hydrogens is 290 g/mol. The Bertz CT molecular complexity index is 475. The summed E-state index contributed by atoms with van der Waals surface area (Å²) in [5, 5.41) is 15.5. The maximum absolute atomic E-state index is 11.5. The summed E-state index contributed by atoms with van der Waals surface area (Å²) in [5.74, 6) is -2.16. The Labute approximate surface area is 117 Å². The minimum absolute atomic E-state index is 0.254. The van der Waals surface area contributed by atoms with Crippen LogP contribution in [0.25, 0.3) is 0 Å². The fourth-order valence-electron chi connectivity index (χ4n) is 1.27. The molecule has 10 heteroatoms. The molecule has 4 N–H and O–H groups in total. The summed E-state index contributed by atoms with van der Waals surface area (Å²) < 4.78 is 22.0. The molecule has 116 valence electrons. The van der Waals surface area contributed by atoms with E-state index in [1.165, 1.54) is 14.0 Å². The van der Waals surface area contributed by atoms with Gasteiger partial charge in [0.25, 0.3) is 0 Å². The number of aliphatic carboxylic acids is 1. The van der Waals surface area contributed by atoms with Crippen LogP contribution in [0.2, 0.25) is 0 Å². The highest BCUT2D eigenvalue weighted by Gasteiger charge is 2.23. The zero-order valence-corrected chi connectivity index (χ0v) is 12.3. The Morgan fingerprint density at radius 1 is 1.20 bits per heavy atom. The highest BCUT2D eigenvalue weighted by Crippen LogP contribution is 1.97. The summed E-state index contributed by atoms with van der Waals surface area (Å²) in [6.45, 7) is 1.42. The predicted octanol–water partition coefficient (Wildman–Crippen LogP) is -1.69. The van der Waals surface area contributed by atoms with Gasteiger partial charge in [-0.05, 0) is 13.3 Å². The number of amides is 3. The van der Waals surface area contributed by atoms with Gasteiger partial charge in [0.15, 0.2) is 0 Å². The van der Waals surface area contributed by atoms with Crippen LogP contribution < -0.4 is 16.0 Å². The van der Waals surface area contributed by atoms with Gasteiger partial charge < -0.3 is 21.1 Å². The van der Waals surface area contributed by atoms with E-state index in [1.54, 1.807) is 0 Å². The van der Waals surface area contributed by atoms with Crippen molar-refractivity contribution >= 4 is 27.7 Å². The second kappa shape index (κ2) is 7.68. The van der Waals surface area contributed by atoms with Crippen LogP contribution in [-0.2, 0) is 19.4 Å². The van der Waals surface area contributed by atoms with Gasteiger partial charge in [-0.25, -0.2) is 18.0 Å². The molecule has 0 aliphatic carbocycles. The van der Waals surface area contributed by atoms with E-state index in [0.717, 1.165) is 6.26 Å². The van der Waals surface area contributed by atoms with Crippen LogP contribution in [0.15, 0.2) is 0 Å². The first kappa shape index (κ1) is 18.2. The molecule has 0 radical (unpaired) electrons. The van der Waals surface area contributed by atoms with Crippen molar-refractivity contribution in [3.63, 3.8) is 0 Å². The van der Waals surface area contributed by atoms with E-state index in [-0.39, 0.29) is 12.2 Å². The third kappa shape index (κ3) is 7.56. The minimum atomic E-state index is -3.33. The van der Waals surface area contributed by atoms with Crippen molar-refractivity contribution in [3.8, 4) is 0 Å². The van der Waals surface area contributed by atoms with Crippen molar-refractivity contribution in [2.45, 2.75) is 25.4 Å². The number of sulfone groups is 1. The SMILES string of the molecule is CNC(=O)C(C)NC(=O)NC(CCS(C)(=O)=O)C(=O)O. The second-order valence-corrected chi connectivity index (χ2v) is 6.52. The average molecular weight is 309 g/mol. The predicted molar refractivity (Wildman–Crippen MR) is 70.9 cm³/mol. The summed E-state index contributed by atoms with van der Waals surface area (Å²) in [7, 11) is -1.93. The van der Waals surface area contributed by atoms with Crippen molar-refractivity contribution in [1.82, 2.24) is 16.0 Å². The van der Waals surface area contributed by atoms with Gasteiger partial charge in [-0.3, -0.25) is 4.79 Å². The number of nitrogens with one attached hydrogen (secondary N) is 3. The third-order valence-electron chi connectivity index (χ3n) is 2.37. The molecule has 0 fully saturated rings. The fraction of sp³-hybridized carbons (Fsp3) is 0.700. The molecular formula is C10H19N3O6S. The van der Waals surface area contributed by atoms with Gasteiger partial charge in [-0.2, -0.15) is 0 Å². The Morgan fingerprint density at radius 3 is 2.15 bits per heavy atom. The van der Waals surface area contributed by atoms with E-state index in [2.05, 4.69) is 16.0 Å². The number of carbonyl (C=O) groups excluding carboxylic acids is 2. The van der Waals surface area contributed by atoms with Gasteiger partial charge in [0, 0.05) is 13.3 Å². The molecule has 9 nitrogen and oxygen atoms in total. The van der Waals surface area contributed by atoms with Crippen LogP contribution in [0.1, 0.15) is 13.3 Å². The van der Waals surface area contributed by atoms with E-state index in [9.17, 15) is 22.8 Å². The number of likely N-dealkylation sites (N-methyl/N-ethyl adjacent to an activating group) is 1. The number of carbonyl (C=O) groups is 3. The van der Waals surface area contributed by atoms with Crippen LogP contribution in [0.3, 0.4) is 0 Å². The summed E-state index contributed by atoms with van der Waals surface area (Å²) in [6, 6.07) is -3.05. The van der Waals surface area contributed by atoms with E-state index in [0.29, 0.717) is 0 Å². The van der Waals surface area contributed by atoms with Gasteiger partial charge in [0.1, 0.15) is 21.9 Å². The van der Waals surface area contributed by atoms with Crippen LogP contribution in [0.5, 0.6) is 0 Å². The number of hydrogen-bond acceptors (Lipinski definition) is 5. The van der Waals surface area contributed by atoms with Crippen molar-refractivity contribution in [1.29, 1.82) is 0 Å². The fourth-order valence-corrected chi connectivity index (χ4v) is 1.93. The Kier molecular flexibility index (Phi) is 6.97. The highest BCUT2D eigenvalue weighted by atomic mass is 32.2. The molecule has 0 heterocycles. The summed E-state index contributed by atoms with van der Waals surface area (Å²) in [6.07, 6.45) is 0.718. The highest BCUT2D eigenvalue weighted by molar-refractivity contribution is 7.90. The lowest BCUT2D eigenvalue weighted by molar-refractivity contribution is -0.139. The van der Waals surface area contributed by atoms with Gasteiger partial charge in [-0.1, -0.05) is 0 Å². The van der Waals surface area contributed by atoms with Crippen LogP contribution >= 0.6 is 0 Å². The van der Waals surface area contributed by atoms with Gasteiger partial charge >= 0.3 is 12.0 Å². The standard InChI is InChI=1S/C10H19N3O6S/c1-6(8(14)11-2)12-10(17)13-7(9(15)16)4-5-20(3,18)19/h6-7H,4-5H2,1-3H3,(H,11,14)(H,15,16)(H2,12,13,17). The van der Waals surface area contributed by atoms with Gasteiger partial charge in [0.2, 0.25) is 5.91 Å². The molecule has 20 heavy (non-hydrogen) atoms. The molecule has 2 atom stereocenters. The first-order valence-corrected chi connectivity index (χ1v) is 7.82. The van der Waals surface area contributed by atoms with Crippen LogP contribution in [0.4, 0.5) is 4.79 Å². The Hall–Kier alpha value is -1.84. The van der Waals surface area contributed by atoms with E-state index in [4.69, 9.17) is 5.11 Å². The number of carboxylic acids is 1. The molecule has 2 unspecified atom stereocenters. The number of urea groups is 1. The molecule has 0 aromatic heterocycles. The van der Waals surface area contributed by atoms with E-state index in [1.807, 2.05) is 0 Å². The largest absolute Gasteiger partial charge is 0.480 e. The lowest BCUT2D eigenvalue weighted by Gasteiger charge is -2.17. The molecule has 0 rings (SSSR count). The summed E-state index contributed by atoms with van der Waals surface area (Å²) >= 11 is 0. The maximum Gasteiger partial charge on any atom is 0.326 e. The van der Waals surface area contributed by atoms with Crippen molar-refractivity contribution < 1.29 is 27.9 Å². The molecule has 0 aromatic carbocycles. The Balaban J connectivity index is 4.49. The lowest BCUT2D eigenvalue weighted by atomic mass is 10.2. The Morgan fingerprint density at radius 2 is 1.75 bits per heavy atom. The van der Waals surface area contributed by atoms with E-state index < -0.39 is 39.8 Å². The number of carboxylic acid groups (broad SMARTS) is 1. The van der Waals surface area contributed by atoms with Crippen molar-refractivity contribution in [2.24, 2.45) is 0 Å². The first-order chi connectivity index (χ1) is 9.06. The lowest BCUT2D eigenvalue weighted by Crippen LogP contribution is -2.52. The minimum Gasteiger partial charge on any atom is -0.480 e. The molecule has 0 spiro atoms. The van der Waals surface area contributed by atoms with E-state index >= 15 is 0 Å². The van der Waals surface area contributed by atoms with Crippen molar-refractivity contribution in [2.75, 3.05) is 19.1 Å². The van der Waals surface area contributed by atoms with Gasteiger partial charge in [0.05, 0.1) is 5.75 Å². The van der Waals surface area contributed by atoms with Crippen LogP contribution in [-0.4, -0.2) is 62.6 Å².